The van der Waals surface area contributed by atoms with E-state index in [1.807, 2.05) is 13.8 Å². The number of nitrogens with zero attached hydrogens (tertiary/aromatic N) is 2. The lowest BCUT2D eigenvalue weighted by Gasteiger charge is -2.32. The summed E-state index contributed by atoms with van der Waals surface area (Å²) in [6.07, 6.45) is 0.709. The third-order valence-corrected chi connectivity index (χ3v) is 8.97. The third kappa shape index (κ3) is 7.88. The first-order chi connectivity index (χ1) is 18.4. The highest BCUT2D eigenvalue weighted by atomic mass is 35.5. The number of halogens is 3. The lowest BCUT2D eigenvalue weighted by atomic mass is 10.1. The molecule has 7 nitrogen and oxygen atoms in total. The summed E-state index contributed by atoms with van der Waals surface area (Å²) in [4.78, 5) is 28.3. The second kappa shape index (κ2) is 13.5. The van der Waals surface area contributed by atoms with Gasteiger partial charge in [0, 0.05) is 17.6 Å². The van der Waals surface area contributed by atoms with Gasteiger partial charge < -0.3 is 10.2 Å². The van der Waals surface area contributed by atoms with Crippen molar-refractivity contribution < 1.29 is 18.0 Å². The first-order valence-electron chi connectivity index (χ1n) is 12.3. The van der Waals surface area contributed by atoms with Gasteiger partial charge in [-0.15, -0.1) is 0 Å². The molecule has 3 aromatic rings. The molecule has 0 aliphatic carbocycles. The van der Waals surface area contributed by atoms with Gasteiger partial charge in [0.15, 0.2) is 0 Å². The number of benzene rings is 3. The van der Waals surface area contributed by atoms with Crippen molar-refractivity contribution in [3.8, 4) is 0 Å². The molecule has 3 rings (SSSR count). The first kappa shape index (κ1) is 30.8. The Kier molecular flexibility index (Phi) is 10.7. The summed E-state index contributed by atoms with van der Waals surface area (Å²) in [6.45, 7) is 4.86. The Labute approximate surface area is 244 Å². The van der Waals surface area contributed by atoms with Gasteiger partial charge in [0.1, 0.15) is 12.6 Å². The van der Waals surface area contributed by atoms with Crippen LogP contribution in [0.1, 0.15) is 32.8 Å². The Morgan fingerprint density at radius 1 is 0.897 bits per heavy atom. The fourth-order valence-electron chi connectivity index (χ4n) is 3.77. The van der Waals surface area contributed by atoms with Crippen LogP contribution in [0.25, 0.3) is 0 Å². The number of hydrogen-bond acceptors (Lipinski definition) is 4. The second-order valence-electron chi connectivity index (χ2n) is 9.07. The molecule has 39 heavy (non-hydrogen) atoms. The van der Waals surface area contributed by atoms with E-state index < -0.39 is 28.5 Å². The van der Waals surface area contributed by atoms with E-state index >= 15 is 0 Å². The Balaban J connectivity index is 2.04. The third-order valence-electron chi connectivity index (χ3n) is 6.21. The molecule has 3 aromatic carbocycles. The van der Waals surface area contributed by atoms with Gasteiger partial charge in [-0.25, -0.2) is 8.42 Å². The lowest BCUT2D eigenvalue weighted by molar-refractivity contribution is -0.139. The minimum Gasteiger partial charge on any atom is -0.352 e. The van der Waals surface area contributed by atoms with Crippen LogP contribution in [0.5, 0.6) is 0 Å². The molecule has 0 radical (unpaired) electrons. The van der Waals surface area contributed by atoms with E-state index in [2.05, 4.69) is 5.32 Å². The minimum absolute atomic E-state index is 0.00664. The fraction of sp³-hybridized carbons (Fsp3) is 0.286. The van der Waals surface area contributed by atoms with Crippen molar-refractivity contribution in [2.45, 2.75) is 50.7 Å². The van der Waals surface area contributed by atoms with Crippen LogP contribution in [0.4, 0.5) is 5.69 Å². The van der Waals surface area contributed by atoms with Crippen molar-refractivity contribution >= 4 is 62.3 Å². The maximum atomic E-state index is 13.9. The Hall–Kier alpha value is -2.78. The van der Waals surface area contributed by atoms with E-state index in [9.17, 15) is 18.0 Å². The Morgan fingerprint density at radius 3 is 2.21 bits per heavy atom. The maximum Gasteiger partial charge on any atom is 0.264 e. The molecule has 0 saturated heterocycles. The molecule has 208 valence electrons. The zero-order chi connectivity index (χ0) is 28.7. The largest absolute Gasteiger partial charge is 0.352 e. The molecule has 2 amide bonds. The number of nitrogens with one attached hydrogen (secondary N) is 1. The van der Waals surface area contributed by atoms with E-state index in [0.29, 0.717) is 17.0 Å². The van der Waals surface area contributed by atoms with Gasteiger partial charge in [-0.2, -0.15) is 0 Å². The SMILES string of the molecule is CC[C@H](C)NC(=O)[C@@H](C)N(Cc1cccc(Cl)c1)C(=O)CN(c1ccc(Cl)c(Cl)c1)S(=O)(=O)c1ccccc1. The molecule has 0 aliphatic rings. The van der Waals surface area contributed by atoms with Crippen molar-refractivity contribution in [3.63, 3.8) is 0 Å². The molecule has 0 aliphatic heterocycles. The number of carbonyl (C=O) groups is 2. The molecular formula is C28H30Cl3N3O4S. The van der Waals surface area contributed by atoms with Crippen LogP contribution in [0.2, 0.25) is 15.1 Å². The van der Waals surface area contributed by atoms with Crippen LogP contribution in [-0.4, -0.2) is 43.8 Å². The van der Waals surface area contributed by atoms with Crippen molar-refractivity contribution in [1.82, 2.24) is 10.2 Å². The molecule has 0 heterocycles. The van der Waals surface area contributed by atoms with Crippen molar-refractivity contribution in [3.05, 3.63) is 93.4 Å². The van der Waals surface area contributed by atoms with E-state index in [1.54, 1.807) is 49.4 Å². The van der Waals surface area contributed by atoms with Gasteiger partial charge in [0.2, 0.25) is 11.8 Å². The summed E-state index contributed by atoms with van der Waals surface area (Å²) in [7, 11) is -4.20. The average molecular weight is 611 g/mol. The highest BCUT2D eigenvalue weighted by molar-refractivity contribution is 7.92. The average Bonchev–Trinajstić information content (AvgIpc) is 2.91. The van der Waals surface area contributed by atoms with Crippen LogP contribution in [-0.2, 0) is 26.2 Å². The number of rotatable bonds is 11. The zero-order valence-electron chi connectivity index (χ0n) is 21.8. The quantitative estimate of drug-likeness (QED) is 0.281. The van der Waals surface area contributed by atoms with Crippen LogP contribution >= 0.6 is 34.8 Å². The molecular weight excluding hydrogens is 581 g/mol. The van der Waals surface area contributed by atoms with Gasteiger partial charge in [-0.1, -0.05) is 72.1 Å². The topological polar surface area (TPSA) is 86.8 Å². The first-order valence-corrected chi connectivity index (χ1v) is 14.9. The highest BCUT2D eigenvalue weighted by Gasteiger charge is 2.33. The van der Waals surface area contributed by atoms with E-state index in [1.165, 1.54) is 35.2 Å². The lowest BCUT2D eigenvalue weighted by Crippen LogP contribution is -2.52. The number of amides is 2. The predicted molar refractivity (Wildman–Crippen MR) is 157 cm³/mol. The summed E-state index contributed by atoms with van der Waals surface area (Å²) in [5.74, 6) is -0.945. The molecule has 11 heteroatoms. The van der Waals surface area contributed by atoms with E-state index in [4.69, 9.17) is 34.8 Å². The predicted octanol–water partition coefficient (Wildman–Crippen LogP) is 6.17. The molecule has 1 N–H and O–H groups in total. The summed E-state index contributed by atoms with van der Waals surface area (Å²) >= 11 is 18.5. The van der Waals surface area contributed by atoms with Crippen LogP contribution < -0.4 is 9.62 Å². The normalized spacial score (nSPS) is 12.9. The number of sulfonamides is 1. The number of hydrogen-bond donors (Lipinski definition) is 1. The van der Waals surface area contributed by atoms with E-state index in [0.717, 1.165) is 4.31 Å². The maximum absolute atomic E-state index is 13.9. The molecule has 0 fully saturated rings. The Bertz CT molecular complexity index is 1420. The van der Waals surface area contributed by atoms with Crippen molar-refractivity contribution in [1.29, 1.82) is 0 Å². The van der Waals surface area contributed by atoms with Crippen molar-refractivity contribution in [2.75, 3.05) is 10.8 Å². The minimum atomic E-state index is -4.20. The van der Waals surface area contributed by atoms with Crippen LogP contribution in [0, 0.1) is 0 Å². The summed E-state index contributed by atoms with van der Waals surface area (Å²) < 4.78 is 28.5. The molecule has 0 bridgehead atoms. The zero-order valence-corrected chi connectivity index (χ0v) is 24.9. The fourth-order valence-corrected chi connectivity index (χ4v) is 5.70. The summed E-state index contributed by atoms with van der Waals surface area (Å²) in [5.41, 5.74) is 0.840. The van der Waals surface area contributed by atoms with Gasteiger partial charge in [-0.05, 0) is 68.3 Å². The van der Waals surface area contributed by atoms with Gasteiger partial charge >= 0.3 is 0 Å². The Morgan fingerprint density at radius 2 is 1.59 bits per heavy atom. The molecule has 0 spiro atoms. The van der Waals surface area contributed by atoms with Gasteiger partial charge in [0.25, 0.3) is 10.0 Å². The monoisotopic (exact) mass is 609 g/mol. The van der Waals surface area contributed by atoms with Crippen LogP contribution in [0.3, 0.4) is 0 Å². The van der Waals surface area contributed by atoms with Crippen molar-refractivity contribution in [2.24, 2.45) is 0 Å². The van der Waals surface area contributed by atoms with Gasteiger partial charge in [0.05, 0.1) is 20.6 Å². The smallest absolute Gasteiger partial charge is 0.264 e. The number of carbonyl (C=O) groups excluding carboxylic acids is 2. The second-order valence-corrected chi connectivity index (χ2v) is 12.2. The van der Waals surface area contributed by atoms with E-state index in [-0.39, 0.29) is 39.1 Å². The van der Waals surface area contributed by atoms with Gasteiger partial charge in [-0.3, -0.25) is 13.9 Å². The molecule has 0 aromatic heterocycles. The molecule has 0 unspecified atom stereocenters. The summed E-state index contributed by atoms with van der Waals surface area (Å²) in [5, 5.41) is 3.74. The van der Waals surface area contributed by atoms with Crippen LogP contribution in [0.15, 0.2) is 77.7 Å². The summed E-state index contributed by atoms with van der Waals surface area (Å²) in [6, 6.07) is 18.0. The molecule has 2 atom stereocenters. The highest BCUT2D eigenvalue weighted by Crippen LogP contribution is 2.31. The standard InChI is InChI=1S/C28H30Cl3N3O4S/c1-4-19(2)32-28(36)20(3)33(17-21-9-8-10-22(29)15-21)27(35)18-34(23-13-14-25(30)26(31)16-23)39(37,38)24-11-6-5-7-12-24/h5-16,19-20H,4,17-18H2,1-3H3,(H,32,36)/t19-,20+/m0/s1. The number of anilines is 1. The molecule has 0 saturated carbocycles.